The highest BCUT2D eigenvalue weighted by Crippen LogP contribution is 2.19. The zero-order valence-electron chi connectivity index (χ0n) is 17.0. The van der Waals surface area contributed by atoms with Crippen LogP contribution in [-0.2, 0) is 4.79 Å². The SMILES string of the molecule is O=C(NO)c1ccc(C=C(CNc2cnc3ccccc3c2)CN2CCCC2=O)cc1. The quantitative estimate of drug-likeness (QED) is 0.405. The van der Waals surface area contributed by atoms with E-state index in [1.54, 1.807) is 17.6 Å². The Labute approximate surface area is 180 Å². The lowest BCUT2D eigenvalue weighted by Gasteiger charge is -2.19. The van der Waals surface area contributed by atoms with E-state index in [9.17, 15) is 9.59 Å². The number of rotatable bonds is 7. The first kappa shape index (κ1) is 20.6. The fourth-order valence-corrected chi connectivity index (χ4v) is 3.68. The Morgan fingerprint density at radius 2 is 1.97 bits per heavy atom. The number of nitrogens with one attached hydrogen (secondary N) is 2. The van der Waals surface area contributed by atoms with Crippen molar-refractivity contribution < 1.29 is 14.8 Å². The predicted molar refractivity (Wildman–Crippen MR) is 120 cm³/mol. The standard InChI is InChI=1S/C24H24N4O3/c29-23-6-3-11-28(23)16-18(12-17-7-9-19(10-8-17)24(30)27-31)14-25-21-13-20-4-1-2-5-22(20)26-15-21/h1-2,4-5,7-10,12-13,15,25,31H,3,6,11,14,16H2,(H,27,30). The normalized spacial score (nSPS) is 14.2. The molecule has 0 radical (unpaired) electrons. The number of para-hydroxylation sites is 1. The minimum Gasteiger partial charge on any atom is -0.380 e. The molecule has 2 heterocycles. The molecule has 2 aromatic carbocycles. The number of anilines is 1. The first-order valence-electron chi connectivity index (χ1n) is 10.2. The highest BCUT2D eigenvalue weighted by atomic mass is 16.5. The van der Waals surface area contributed by atoms with E-state index in [-0.39, 0.29) is 5.91 Å². The average Bonchev–Trinajstić information content (AvgIpc) is 3.21. The lowest BCUT2D eigenvalue weighted by atomic mass is 10.1. The van der Waals surface area contributed by atoms with Crippen LogP contribution < -0.4 is 10.8 Å². The second-order valence-electron chi connectivity index (χ2n) is 7.55. The van der Waals surface area contributed by atoms with Crippen LogP contribution in [0.1, 0.15) is 28.8 Å². The predicted octanol–water partition coefficient (Wildman–Crippen LogP) is 3.47. The molecule has 0 atom stereocenters. The van der Waals surface area contributed by atoms with Crippen LogP contribution in [0, 0.1) is 0 Å². The number of pyridine rings is 1. The van der Waals surface area contributed by atoms with Crippen LogP contribution in [0.4, 0.5) is 5.69 Å². The third-order valence-corrected chi connectivity index (χ3v) is 5.32. The van der Waals surface area contributed by atoms with Crippen molar-refractivity contribution >= 4 is 34.5 Å². The molecule has 0 aliphatic carbocycles. The molecule has 1 aromatic heterocycles. The van der Waals surface area contributed by atoms with Gasteiger partial charge in [-0.3, -0.25) is 19.8 Å². The minimum atomic E-state index is -0.552. The van der Waals surface area contributed by atoms with Crippen LogP contribution in [0.3, 0.4) is 0 Å². The van der Waals surface area contributed by atoms with Gasteiger partial charge in [-0.15, -0.1) is 0 Å². The molecule has 158 valence electrons. The maximum Gasteiger partial charge on any atom is 0.274 e. The second kappa shape index (κ2) is 9.40. The summed E-state index contributed by atoms with van der Waals surface area (Å²) in [6, 6.07) is 16.9. The van der Waals surface area contributed by atoms with Gasteiger partial charge in [-0.1, -0.05) is 36.4 Å². The summed E-state index contributed by atoms with van der Waals surface area (Å²) in [6.45, 7) is 1.87. The highest BCUT2D eigenvalue weighted by molar-refractivity contribution is 5.93. The Morgan fingerprint density at radius 1 is 1.16 bits per heavy atom. The fraction of sp³-hybridized carbons (Fsp3) is 0.208. The van der Waals surface area contributed by atoms with Crippen LogP contribution in [0.2, 0.25) is 0 Å². The van der Waals surface area contributed by atoms with Crippen LogP contribution in [-0.4, -0.2) is 46.5 Å². The van der Waals surface area contributed by atoms with Crippen LogP contribution in [0.5, 0.6) is 0 Å². The van der Waals surface area contributed by atoms with Gasteiger partial charge in [0.15, 0.2) is 0 Å². The van der Waals surface area contributed by atoms with Crippen molar-refractivity contribution in [1.29, 1.82) is 0 Å². The molecule has 1 saturated heterocycles. The monoisotopic (exact) mass is 416 g/mol. The number of carbonyl (C=O) groups is 2. The van der Waals surface area contributed by atoms with E-state index in [1.165, 1.54) is 0 Å². The summed E-state index contributed by atoms with van der Waals surface area (Å²) in [5.74, 6) is -0.378. The molecule has 0 spiro atoms. The van der Waals surface area contributed by atoms with Gasteiger partial charge in [0.25, 0.3) is 5.91 Å². The summed E-state index contributed by atoms with van der Waals surface area (Å²) in [5, 5.41) is 13.2. The Morgan fingerprint density at radius 3 is 2.71 bits per heavy atom. The topological polar surface area (TPSA) is 94.6 Å². The maximum absolute atomic E-state index is 12.1. The molecular formula is C24H24N4O3. The smallest absolute Gasteiger partial charge is 0.274 e. The van der Waals surface area contributed by atoms with Gasteiger partial charge in [0.1, 0.15) is 0 Å². The number of benzene rings is 2. The van der Waals surface area contributed by atoms with E-state index in [0.29, 0.717) is 25.1 Å². The molecule has 4 rings (SSSR count). The first-order valence-corrected chi connectivity index (χ1v) is 10.2. The Kier molecular flexibility index (Phi) is 6.24. The van der Waals surface area contributed by atoms with Crippen LogP contribution >= 0.6 is 0 Å². The number of hydrogen-bond acceptors (Lipinski definition) is 5. The van der Waals surface area contributed by atoms with Crippen molar-refractivity contribution in [1.82, 2.24) is 15.4 Å². The van der Waals surface area contributed by atoms with Gasteiger partial charge in [-0.2, -0.15) is 0 Å². The Balaban J connectivity index is 1.53. The molecule has 7 heteroatoms. The van der Waals surface area contributed by atoms with Crippen molar-refractivity contribution in [2.45, 2.75) is 12.8 Å². The Hall–Kier alpha value is -3.71. The van der Waals surface area contributed by atoms with Gasteiger partial charge < -0.3 is 10.2 Å². The molecule has 31 heavy (non-hydrogen) atoms. The number of likely N-dealkylation sites (tertiary alicyclic amines) is 1. The average molecular weight is 416 g/mol. The van der Waals surface area contributed by atoms with E-state index in [1.807, 2.05) is 53.6 Å². The number of aromatic nitrogens is 1. The van der Waals surface area contributed by atoms with Gasteiger partial charge in [-0.25, -0.2) is 5.48 Å². The highest BCUT2D eigenvalue weighted by Gasteiger charge is 2.20. The number of amides is 2. The molecule has 1 aliphatic rings. The van der Waals surface area contributed by atoms with E-state index in [2.05, 4.69) is 16.4 Å². The van der Waals surface area contributed by atoms with Gasteiger partial charge in [0.05, 0.1) is 17.4 Å². The molecule has 0 unspecified atom stereocenters. The van der Waals surface area contributed by atoms with E-state index in [4.69, 9.17) is 5.21 Å². The van der Waals surface area contributed by atoms with Gasteiger partial charge in [0, 0.05) is 37.0 Å². The molecule has 2 amide bonds. The second-order valence-corrected chi connectivity index (χ2v) is 7.55. The van der Waals surface area contributed by atoms with Crippen molar-refractivity contribution in [3.05, 3.63) is 77.5 Å². The van der Waals surface area contributed by atoms with Crippen LogP contribution in [0.15, 0.2) is 66.4 Å². The molecular weight excluding hydrogens is 392 g/mol. The summed E-state index contributed by atoms with van der Waals surface area (Å²) >= 11 is 0. The van der Waals surface area contributed by atoms with E-state index < -0.39 is 5.91 Å². The largest absolute Gasteiger partial charge is 0.380 e. The number of fused-ring (bicyclic) bond motifs is 1. The van der Waals surface area contributed by atoms with Crippen molar-refractivity contribution in [3.63, 3.8) is 0 Å². The van der Waals surface area contributed by atoms with Gasteiger partial charge in [-0.05, 0) is 41.8 Å². The molecule has 1 aliphatic heterocycles. The number of carbonyl (C=O) groups excluding carboxylic acids is 2. The van der Waals surface area contributed by atoms with Crippen LogP contribution in [0.25, 0.3) is 17.0 Å². The van der Waals surface area contributed by atoms with Crippen molar-refractivity contribution in [2.75, 3.05) is 25.0 Å². The van der Waals surface area contributed by atoms with Crippen molar-refractivity contribution in [3.8, 4) is 0 Å². The van der Waals surface area contributed by atoms with Gasteiger partial charge >= 0.3 is 0 Å². The third-order valence-electron chi connectivity index (χ3n) is 5.32. The summed E-state index contributed by atoms with van der Waals surface area (Å²) in [6.07, 6.45) is 5.32. The van der Waals surface area contributed by atoms with E-state index >= 15 is 0 Å². The number of hydrogen-bond donors (Lipinski definition) is 3. The van der Waals surface area contributed by atoms with E-state index in [0.717, 1.165) is 40.7 Å². The molecule has 0 saturated carbocycles. The molecule has 7 nitrogen and oxygen atoms in total. The molecule has 0 bridgehead atoms. The minimum absolute atomic E-state index is 0.174. The molecule has 3 N–H and O–H groups in total. The van der Waals surface area contributed by atoms with Gasteiger partial charge in [0.2, 0.25) is 5.91 Å². The summed E-state index contributed by atoms with van der Waals surface area (Å²) < 4.78 is 0. The zero-order valence-corrected chi connectivity index (χ0v) is 17.0. The summed E-state index contributed by atoms with van der Waals surface area (Å²) in [7, 11) is 0. The Bertz CT molecular complexity index is 1130. The summed E-state index contributed by atoms with van der Waals surface area (Å²) in [4.78, 5) is 30.0. The number of nitrogens with zero attached hydrogens (tertiary/aromatic N) is 2. The first-order chi connectivity index (χ1) is 15.1. The third kappa shape index (κ3) is 5.07. The zero-order chi connectivity index (χ0) is 21.6. The molecule has 1 fully saturated rings. The summed E-state index contributed by atoms with van der Waals surface area (Å²) in [5.41, 5.74) is 5.81. The lowest BCUT2D eigenvalue weighted by molar-refractivity contribution is -0.127. The number of hydroxylamine groups is 1. The fourth-order valence-electron chi connectivity index (χ4n) is 3.68. The lowest BCUT2D eigenvalue weighted by Crippen LogP contribution is -2.28. The van der Waals surface area contributed by atoms with Crippen molar-refractivity contribution in [2.24, 2.45) is 0 Å². The maximum atomic E-state index is 12.1. The molecule has 3 aromatic rings.